The van der Waals surface area contributed by atoms with Crippen LogP contribution in [0, 0.1) is 6.92 Å². The molecular formula is C31H33F3N4O3. The molecule has 3 aromatic carbocycles. The van der Waals surface area contributed by atoms with Crippen molar-refractivity contribution in [2.75, 3.05) is 38.7 Å². The molecule has 1 aromatic heterocycles. The number of H-pyrrole nitrogens is 1. The van der Waals surface area contributed by atoms with Crippen LogP contribution in [-0.4, -0.2) is 60.1 Å². The standard InChI is InChI=1S/C31H33F3N4O3/c1-22-11-13-23(14-12-22)20-37(16-15-24-19-35-27-9-5-3-7-25(24)27)29(39)21-38(17-18-41-2)30(40)36-28-10-6-4-8-26(28)31(32,33)34/h3-14,19,35H,15-18,20-21H2,1-2H3,(H,36,40). The minimum absolute atomic E-state index is 0.0169. The van der Waals surface area contributed by atoms with Gasteiger partial charge in [-0.25, -0.2) is 4.79 Å². The van der Waals surface area contributed by atoms with Gasteiger partial charge in [-0.05, 0) is 42.7 Å². The summed E-state index contributed by atoms with van der Waals surface area (Å²) < 4.78 is 45.6. The Balaban J connectivity index is 1.53. The summed E-state index contributed by atoms with van der Waals surface area (Å²) in [5, 5.41) is 3.41. The quantitative estimate of drug-likeness (QED) is 0.225. The van der Waals surface area contributed by atoms with Gasteiger partial charge >= 0.3 is 12.2 Å². The molecule has 41 heavy (non-hydrogen) atoms. The molecule has 0 radical (unpaired) electrons. The maximum absolute atomic E-state index is 13.7. The molecule has 0 unspecified atom stereocenters. The Morgan fingerprint density at radius 3 is 2.37 bits per heavy atom. The minimum atomic E-state index is -4.65. The predicted molar refractivity (Wildman–Crippen MR) is 153 cm³/mol. The van der Waals surface area contributed by atoms with Crippen molar-refractivity contribution in [2.45, 2.75) is 26.1 Å². The first-order valence-electron chi connectivity index (χ1n) is 13.2. The van der Waals surface area contributed by atoms with Crippen molar-refractivity contribution in [2.24, 2.45) is 0 Å². The van der Waals surface area contributed by atoms with E-state index in [-0.39, 0.29) is 31.3 Å². The maximum atomic E-state index is 13.7. The van der Waals surface area contributed by atoms with E-state index in [1.54, 1.807) is 4.90 Å². The van der Waals surface area contributed by atoms with Crippen LogP contribution in [-0.2, 0) is 28.7 Å². The third kappa shape index (κ3) is 7.88. The van der Waals surface area contributed by atoms with E-state index in [2.05, 4.69) is 10.3 Å². The molecule has 4 aromatic rings. The van der Waals surface area contributed by atoms with Crippen LogP contribution < -0.4 is 5.32 Å². The topological polar surface area (TPSA) is 77.7 Å². The maximum Gasteiger partial charge on any atom is 0.418 e. The van der Waals surface area contributed by atoms with E-state index in [0.29, 0.717) is 19.5 Å². The molecule has 4 rings (SSSR count). The summed E-state index contributed by atoms with van der Waals surface area (Å²) in [6.07, 6.45) is -2.15. The van der Waals surface area contributed by atoms with Crippen LogP contribution in [0.1, 0.15) is 22.3 Å². The number of nitrogens with one attached hydrogen (secondary N) is 2. The number of amides is 3. The fraction of sp³-hybridized carbons (Fsp3) is 0.290. The predicted octanol–water partition coefficient (Wildman–Crippen LogP) is 6.25. The summed E-state index contributed by atoms with van der Waals surface area (Å²) in [4.78, 5) is 32.9. The summed E-state index contributed by atoms with van der Waals surface area (Å²) in [6, 6.07) is 19.7. The second-order valence-corrected chi connectivity index (χ2v) is 9.80. The molecule has 0 aliphatic heterocycles. The number of hydrogen-bond acceptors (Lipinski definition) is 3. The lowest BCUT2D eigenvalue weighted by Gasteiger charge is -2.28. The number of rotatable bonds is 11. The number of benzene rings is 3. The minimum Gasteiger partial charge on any atom is -0.383 e. The summed E-state index contributed by atoms with van der Waals surface area (Å²) in [7, 11) is 1.45. The fourth-order valence-electron chi connectivity index (χ4n) is 4.55. The number of hydrogen-bond donors (Lipinski definition) is 2. The number of aromatic nitrogens is 1. The Morgan fingerprint density at radius 2 is 1.63 bits per heavy atom. The van der Waals surface area contributed by atoms with E-state index in [9.17, 15) is 22.8 Å². The van der Waals surface area contributed by atoms with E-state index in [1.165, 1.54) is 30.2 Å². The molecule has 0 spiro atoms. The van der Waals surface area contributed by atoms with Gasteiger partial charge in [-0.15, -0.1) is 0 Å². The van der Waals surface area contributed by atoms with Crippen molar-refractivity contribution in [1.29, 1.82) is 0 Å². The van der Waals surface area contributed by atoms with Crippen LogP contribution in [0.15, 0.2) is 79.0 Å². The third-order valence-electron chi connectivity index (χ3n) is 6.83. The molecule has 2 N–H and O–H groups in total. The first-order chi connectivity index (χ1) is 19.7. The molecular weight excluding hydrogens is 533 g/mol. The number of ether oxygens (including phenoxy) is 1. The number of carbonyl (C=O) groups excluding carboxylic acids is 2. The molecule has 0 saturated heterocycles. The van der Waals surface area contributed by atoms with Gasteiger partial charge in [0.15, 0.2) is 0 Å². The van der Waals surface area contributed by atoms with Crippen LogP contribution in [0.4, 0.5) is 23.7 Å². The average molecular weight is 567 g/mol. The Labute approximate surface area is 236 Å². The zero-order valence-corrected chi connectivity index (χ0v) is 23.0. The number of methoxy groups -OCH3 is 1. The number of nitrogens with zero attached hydrogens (tertiary/aromatic N) is 2. The van der Waals surface area contributed by atoms with Gasteiger partial charge in [0, 0.05) is 43.8 Å². The molecule has 0 bridgehead atoms. The number of urea groups is 1. The average Bonchev–Trinajstić information content (AvgIpc) is 3.37. The van der Waals surface area contributed by atoms with E-state index >= 15 is 0 Å². The van der Waals surface area contributed by atoms with Gasteiger partial charge in [-0.3, -0.25) is 4.79 Å². The lowest BCUT2D eigenvalue weighted by Crippen LogP contribution is -2.46. The second-order valence-electron chi connectivity index (χ2n) is 9.80. The van der Waals surface area contributed by atoms with E-state index in [4.69, 9.17) is 4.74 Å². The normalized spacial score (nSPS) is 11.4. The van der Waals surface area contributed by atoms with Crippen LogP contribution in [0.2, 0.25) is 0 Å². The molecule has 7 nitrogen and oxygen atoms in total. The summed E-state index contributed by atoms with van der Waals surface area (Å²) >= 11 is 0. The van der Waals surface area contributed by atoms with Gasteiger partial charge < -0.3 is 24.8 Å². The van der Waals surface area contributed by atoms with Crippen molar-refractivity contribution in [3.8, 4) is 0 Å². The van der Waals surface area contributed by atoms with Gasteiger partial charge in [0.25, 0.3) is 0 Å². The Morgan fingerprint density at radius 1 is 0.927 bits per heavy atom. The van der Waals surface area contributed by atoms with Crippen LogP contribution >= 0.6 is 0 Å². The molecule has 0 fully saturated rings. The first-order valence-corrected chi connectivity index (χ1v) is 13.2. The van der Waals surface area contributed by atoms with Gasteiger partial charge in [0.1, 0.15) is 6.54 Å². The molecule has 1 heterocycles. The van der Waals surface area contributed by atoms with Gasteiger partial charge in [0.2, 0.25) is 5.91 Å². The zero-order chi connectivity index (χ0) is 29.4. The smallest absolute Gasteiger partial charge is 0.383 e. The summed E-state index contributed by atoms with van der Waals surface area (Å²) in [5.41, 5.74) is 2.73. The van der Waals surface area contributed by atoms with Crippen LogP contribution in [0.25, 0.3) is 10.9 Å². The first kappa shape index (κ1) is 29.7. The number of carbonyl (C=O) groups is 2. The van der Waals surface area contributed by atoms with Gasteiger partial charge in [-0.2, -0.15) is 13.2 Å². The molecule has 3 amide bonds. The molecule has 10 heteroatoms. The third-order valence-corrected chi connectivity index (χ3v) is 6.83. The zero-order valence-electron chi connectivity index (χ0n) is 23.0. The molecule has 0 aliphatic rings. The highest BCUT2D eigenvalue weighted by Crippen LogP contribution is 2.34. The number of fused-ring (bicyclic) bond motifs is 1. The lowest BCUT2D eigenvalue weighted by atomic mass is 10.1. The van der Waals surface area contributed by atoms with E-state index in [0.717, 1.165) is 33.7 Å². The Hall–Kier alpha value is -4.31. The summed E-state index contributed by atoms with van der Waals surface area (Å²) in [5.74, 6) is -0.333. The number of anilines is 1. The highest BCUT2D eigenvalue weighted by atomic mass is 19.4. The molecule has 0 saturated carbocycles. The van der Waals surface area contributed by atoms with E-state index < -0.39 is 17.8 Å². The SMILES string of the molecule is COCCN(CC(=O)N(CCc1c[nH]c2ccccc12)Cc1ccc(C)cc1)C(=O)Nc1ccccc1C(F)(F)F. The number of alkyl halides is 3. The summed E-state index contributed by atoms with van der Waals surface area (Å²) in [6.45, 7) is 2.47. The lowest BCUT2D eigenvalue weighted by molar-refractivity contribution is -0.137. The Kier molecular flexibility index (Phi) is 9.67. The number of aromatic amines is 1. The van der Waals surface area contributed by atoms with Crippen molar-refractivity contribution >= 4 is 28.5 Å². The molecule has 0 atom stereocenters. The molecule has 0 aliphatic carbocycles. The molecule has 216 valence electrons. The van der Waals surface area contributed by atoms with Gasteiger partial charge in [0.05, 0.1) is 17.9 Å². The largest absolute Gasteiger partial charge is 0.418 e. The van der Waals surface area contributed by atoms with Crippen molar-refractivity contribution in [3.63, 3.8) is 0 Å². The van der Waals surface area contributed by atoms with Crippen LogP contribution in [0.3, 0.4) is 0 Å². The second kappa shape index (κ2) is 13.4. The fourth-order valence-corrected chi connectivity index (χ4v) is 4.55. The van der Waals surface area contributed by atoms with Crippen LogP contribution in [0.5, 0.6) is 0 Å². The highest BCUT2D eigenvalue weighted by Gasteiger charge is 2.34. The number of halogens is 3. The monoisotopic (exact) mass is 566 g/mol. The number of aryl methyl sites for hydroxylation is 1. The number of para-hydroxylation sites is 2. The Bertz CT molecular complexity index is 1470. The van der Waals surface area contributed by atoms with Crippen molar-refractivity contribution in [3.05, 3.63) is 101 Å². The van der Waals surface area contributed by atoms with Crippen molar-refractivity contribution in [1.82, 2.24) is 14.8 Å². The highest BCUT2D eigenvalue weighted by molar-refractivity contribution is 5.93. The van der Waals surface area contributed by atoms with Crippen molar-refractivity contribution < 1.29 is 27.5 Å². The van der Waals surface area contributed by atoms with E-state index in [1.807, 2.05) is 61.7 Å². The van der Waals surface area contributed by atoms with Gasteiger partial charge in [-0.1, -0.05) is 60.2 Å².